The van der Waals surface area contributed by atoms with Gasteiger partial charge >= 0.3 is 6.03 Å². The van der Waals surface area contributed by atoms with E-state index in [1.807, 2.05) is 6.92 Å². The lowest BCUT2D eigenvalue weighted by Gasteiger charge is -2.22. The summed E-state index contributed by atoms with van der Waals surface area (Å²) >= 11 is 0. The Labute approximate surface area is 131 Å². The first-order chi connectivity index (χ1) is 10.7. The molecule has 0 saturated heterocycles. The molecule has 0 unspecified atom stereocenters. The van der Waals surface area contributed by atoms with Crippen molar-refractivity contribution in [2.75, 3.05) is 11.9 Å². The Hall–Kier alpha value is -2.04. The Morgan fingerprint density at radius 2 is 1.77 bits per heavy atom. The molecule has 1 aromatic rings. The molecule has 22 heavy (non-hydrogen) atoms. The molecule has 0 aliphatic heterocycles. The van der Waals surface area contributed by atoms with Gasteiger partial charge in [0.05, 0.1) is 0 Å². The van der Waals surface area contributed by atoms with Gasteiger partial charge in [-0.1, -0.05) is 26.2 Å². The number of amides is 3. The van der Waals surface area contributed by atoms with E-state index >= 15 is 0 Å². The summed E-state index contributed by atoms with van der Waals surface area (Å²) in [6.07, 6.45) is 6.67. The van der Waals surface area contributed by atoms with Crippen LogP contribution in [0.25, 0.3) is 0 Å². The predicted molar refractivity (Wildman–Crippen MR) is 88.1 cm³/mol. The van der Waals surface area contributed by atoms with Crippen molar-refractivity contribution in [2.24, 2.45) is 0 Å². The molecular weight excluding hydrogens is 278 g/mol. The number of rotatable bonds is 5. The molecule has 3 N–H and O–H groups in total. The van der Waals surface area contributed by atoms with Crippen molar-refractivity contribution in [2.45, 2.75) is 51.5 Å². The van der Waals surface area contributed by atoms with Crippen LogP contribution >= 0.6 is 0 Å². The van der Waals surface area contributed by atoms with E-state index in [9.17, 15) is 9.59 Å². The molecule has 5 nitrogen and oxygen atoms in total. The average molecular weight is 303 g/mol. The molecule has 0 aromatic heterocycles. The van der Waals surface area contributed by atoms with E-state index in [-0.39, 0.29) is 18.0 Å². The quantitative estimate of drug-likeness (QED) is 0.781. The van der Waals surface area contributed by atoms with Crippen molar-refractivity contribution < 1.29 is 9.59 Å². The molecule has 1 aromatic carbocycles. The van der Waals surface area contributed by atoms with Gasteiger partial charge in [-0.2, -0.15) is 0 Å². The Balaban J connectivity index is 1.82. The number of hydrogen-bond donors (Lipinski definition) is 3. The van der Waals surface area contributed by atoms with Gasteiger partial charge in [-0.15, -0.1) is 0 Å². The monoisotopic (exact) mass is 303 g/mol. The molecule has 0 atom stereocenters. The molecule has 0 spiro atoms. The van der Waals surface area contributed by atoms with Crippen molar-refractivity contribution >= 4 is 17.6 Å². The number of carbonyl (C=O) groups excluding carboxylic acids is 2. The van der Waals surface area contributed by atoms with Gasteiger partial charge in [0.2, 0.25) is 0 Å². The van der Waals surface area contributed by atoms with E-state index in [2.05, 4.69) is 16.0 Å². The standard InChI is InChI=1S/C17H25N3O2/c1-2-12-18-16(21)13-8-10-15(11-9-13)20-17(22)19-14-6-4-3-5-7-14/h8-11,14H,2-7,12H2,1H3,(H,18,21)(H2,19,20,22). The van der Waals surface area contributed by atoms with E-state index in [1.54, 1.807) is 24.3 Å². The summed E-state index contributed by atoms with van der Waals surface area (Å²) in [5, 5.41) is 8.64. The SMILES string of the molecule is CCCNC(=O)c1ccc(NC(=O)NC2CCCCC2)cc1. The maximum absolute atomic E-state index is 11.9. The molecule has 3 amide bonds. The van der Waals surface area contributed by atoms with Gasteiger partial charge in [0, 0.05) is 23.8 Å². The zero-order valence-electron chi connectivity index (χ0n) is 13.2. The molecule has 120 valence electrons. The van der Waals surface area contributed by atoms with E-state index < -0.39 is 0 Å². The van der Waals surface area contributed by atoms with Gasteiger partial charge in [0.15, 0.2) is 0 Å². The third-order valence-corrected chi connectivity index (χ3v) is 3.88. The molecule has 0 radical (unpaired) electrons. The van der Waals surface area contributed by atoms with Crippen molar-refractivity contribution in [3.63, 3.8) is 0 Å². The van der Waals surface area contributed by atoms with Gasteiger partial charge < -0.3 is 16.0 Å². The number of benzene rings is 1. The highest BCUT2D eigenvalue weighted by atomic mass is 16.2. The van der Waals surface area contributed by atoms with Crippen LogP contribution in [0.4, 0.5) is 10.5 Å². The van der Waals surface area contributed by atoms with Crippen molar-refractivity contribution in [1.82, 2.24) is 10.6 Å². The topological polar surface area (TPSA) is 70.2 Å². The summed E-state index contributed by atoms with van der Waals surface area (Å²) in [5.41, 5.74) is 1.30. The molecule has 0 heterocycles. The van der Waals surface area contributed by atoms with Crippen LogP contribution in [0.2, 0.25) is 0 Å². The summed E-state index contributed by atoms with van der Waals surface area (Å²) in [5.74, 6) is -0.0833. The summed E-state index contributed by atoms with van der Waals surface area (Å²) in [6, 6.07) is 7.06. The van der Waals surface area contributed by atoms with Gasteiger partial charge in [0.25, 0.3) is 5.91 Å². The lowest BCUT2D eigenvalue weighted by atomic mass is 9.96. The fraction of sp³-hybridized carbons (Fsp3) is 0.529. The molecule has 1 aliphatic rings. The maximum atomic E-state index is 11.9. The largest absolute Gasteiger partial charge is 0.352 e. The fourth-order valence-electron chi connectivity index (χ4n) is 2.65. The van der Waals surface area contributed by atoms with Crippen LogP contribution in [-0.4, -0.2) is 24.5 Å². The summed E-state index contributed by atoms with van der Waals surface area (Å²) in [7, 11) is 0. The molecule has 2 rings (SSSR count). The number of hydrogen-bond acceptors (Lipinski definition) is 2. The van der Waals surface area contributed by atoms with Gasteiger partial charge in [0.1, 0.15) is 0 Å². The molecule has 1 saturated carbocycles. The van der Waals surface area contributed by atoms with Crippen LogP contribution in [0.3, 0.4) is 0 Å². The molecule has 5 heteroatoms. The molecular formula is C17H25N3O2. The summed E-state index contributed by atoms with van der Waals surface area (Å²) in [6.45, 7) is 2.68. The van der Waals surface area contributed by atoms with Crippen LogP contribution in [0.1, 0.15) is 55.8 Å². The van der Waals surface area contributed by atoms with Crippen molar-refractivity contribution in [3.05, 3.63) is 29.8 Å². The van der Waals surface area contributed by atoms with E-state index in [0.717, 1.165) is 19.3 Å². The third kappa shape index (κ3) is 5.06. The second-order valence-electron chi connectivity index (χ2n) is 5.77. The summed E-state index contributed by atoms with van der Waals surface area (Å²) in [4.78, 5) is 23.7. The van der Waals surface area contributed by atoms with E-state index in [1.165, 1.54) is 19.3 Å². The smallest absolute Gasteiger partial charge is 0.319 e. The first-order valence-electron chi connectivity index (χ1n) is 8.15. The van der Waals surface area contributed by atoms with Crippen LogP contribution in [0.5, 0.6) is 0 Å². The number of urea groups is 1. The lowest BCUT2D eigenvalue weighted by molar-refractivity contribution is 0.0953. The van der Waals surface area contributed by atoms with Gasteiger partial charge in [-0.05, 0) is 43.5 Å². The minimum Gasteiger partial charge on any atom is -0.352 e. The Kier molecular flexibility index (Phi) is 6.25. The Morgan fingerprint density at radius 1 is 1.09 bits per heavy atom. The van der Waals surface area contributed by atoms with Crippen LogP contribution < -0.4 is 16.0 Å². The molecule has 0 bridgehead atoms. The second kappa shape index (κ2) is 8.41. The van der Waals surface area contributed by atoms with Crippen LogP contribution in [-0.2, 0) is 0 Å². The Bertz CT molecular complexity index is 493. The highest BCUT2D eigenvalue weighted by Gasteiger charge is 2.15. The fourth-order valence-corrected chi connectivity index (χ4v) is 2.65. The van der Waals surface area contributed by atoms with Gasteiger partial charge in [-0.25, -0.2) is 4.79 Å². The summed E-state index contributed by atoms with van der Waals surface area (Å²) < 4.78 is 0. The minimum atomic E-state index is -0.171. The van der Waals surface area contributed by atoms with E-state index in [4.69, 9.17) is 0 Å². The maximum Gasteiger partial charge on any atom is 0.319 e. The number of nitrogens with one attached hydrogen (secondary N) is 3. The third-order valence-electron chi connectivity index (χ3n) is 3.88. The normalized spacial score (nSPS) is 15.1. The molecule has 1 fully saturated rings. The predicted octanol–water partition coefficient (Wildman–Crippen LogP) is 3.28. The van der Waals surface area contributed by atoms with Crippen molar-refractivity contribution in [3.8, 4) is 0 Å². The zero-order valence-corrected chi connectivity index (χ0v) is 13.2. The van der Waals surface area contributed by atoms with Crippen LogP contribution in [0, 0.1) is 0 Å². The first-order valence-corrected chi connectivity index (χ1v) is 8.15. The second-order valence-corrected chi connectivity index (χ2v) is 5.77. The Morgan fingerprint density at radius 3 is 2.41 bits per heavy atom. The zero-order chi connectivity index (χ0) is 15.8. The number of carbonyl (C=O) groups is 2. The highest BCUT2D eigenvalue weighted by molar-refractivity contribution is 5.95. The minimum absolute atomic E-state index is 0.0833. The highest BCUT2D eigenvalue weighted by Crippen LogP contribution is 2.17. The van der Waals surface area contributed by atoms with Crippen LogP contribution in [0.15, 0.2) is 24.3 Å². The lowest BCUT2D eigenvalue weighted by Crippen LogP contribution is -2.39. The number of anilines is 1. The van der Waals surface area contributed by atoms with E-state index in [0.29, 0.717) is 17.8 Å². The van der Waals surface area contributed by atoms with Crippen molar-refractivity contribution in [1.29, 1.82) is 0 Å². The average Bonchev–Trinajstić information content (AvgIpc) is 2.54. The van der Waals surface area contributed by atoms with Gasteiger partial charge in [-0.3, -0.25) is 4.79 Å². The molecule has 1 aliphatic carbocycles. The first kappa shape index (κ1) is 16.3.